The van der Waals surface area contributed by atoms with E-state index in [2.05, 4.69) is 4.72 Å². The van der Waals surface area contributed by atoms with Crippen molar-refractivity contribution in [3.05, 3.63) is 64.2 Å². The van der Waals surface area contributed by atoms with Gasteiger partial charge in [-0.1, -0.05) is 29.8 Å². The Morgan fingerprint density at radius 3 is 2.29 bits per heavy atom. The van der Waals surface area contributed by atoms with Crippen molar-refractivity contribution >= 4 is 33.2 Å². The van der Waals surface area contributed by atoms with E-state index in [9.17, 15) is 13.2 Å². The van der Waals surface area contributed by atoms with Gasteiger partial charge in [-0.3, -0.25) is 9.52 Å². The van der Waals surface area contributed by atoms with Crippen molar-refractivity contribution in [2.24, 2.45) is 0 Å². The molecule has 0 aliphatic carbocycles. The van der Waals surface area contributed by atoms with E-state index in [1.807, 2.05) is 31.1 Å². The summed E-state index contributed by atoms with van der Waals surface area (Å²) in [5.41, 5.74) is 2.56. The normalized spacial score (nSPS) is 11.5. The summed E-state index contributed by atoms with van der Waals surface area (Å²) >= 11 is 5.95. The van der Waals surface area contributed by atoms with Gasteiger partial charge in [0.1, 0.15) is 0 Å². The standard InChI is InChI=1S/C20H26ClN3O3S/c1-15-5-8-17(13-19(15)22-28(4,26)27)20(25)24(12-11-23(2)3)14-16-6-9-18(21)10-7-16/h5-10,13,22H,11-12,14H2,1-4H3. The molecule has 8 heteroatoms. The lowest BCUT2D eigenvalue weighted by Gasteiger charge is -2.25. The zero-order valence-electron chi connectivity index (χ0n) is 16.6. The molecule has 0 saturated heterocycles. The molecule has 0 unspecified atom stereocenters. The molecule has 6 nitrogen and oxygen atoms in total. The van der Waals surface area contributed by atoms with Crippen LogP contribution in [0.3, 0.4) is 0 Å². The Balaban J connectivity index is 2.30. The predicted octanol–water partition coefficient (Wildman–Crippen LogP) is 3.22. The number of nitrogens with one attached hydrogen (secondary N) is 1. The van der Waals surface area contributed by atoms with E-state index < -0.39 is 10.0 Å². The van der Waals surface area contributed by atoms with Crippen LogP contribution < -0.4 is 4.72 Å². The monoisotopic (exact) mass is 423 g/mol. The quantitative estimate of drug-likeness (QED) is 0.707. The minimum absolute atomic E-state index is 0.159. The third-order valence-electron chi connectivity index (χ3n) is 4.17. The van der Waals surface area contributed by atoms with Crippen LogP contribution in [0, 0.1) is 6.92 Å². The Hall–Kier alpha value is -2.09. The smallest absolute Gasteiger partial charge is 0.254 e. The Kier molecular flexibility index (Phi) is 7.46. The van der Waals surface area contributed by atoms with E-state index in [0.717, 1.165) is 17.4 Å². The maximum Gasteiger partial charge on any atom is 0.254 e. The molecule has 2 aromatic rings. The summed E-state index contributed by atoms with van der Waals surface area (Å²) in [6.07, 6.45) is 1.09. The highest BCUT2D eigenvalue weighted by Crippen LogP contribution is 2.20. The first-order valence-corrected chi connectivity index (χ1v) is 11.1. The lowest BCUT2D eigenvalue weighted by atomic mass is 10.1. The van der Waals surface area contributed by atoms with E-state index in [1.165, 1.54) is 0 Å². The molecule has 1 amide bonds. The Bertz CT molecular complexity index is 928. The molecule has 28 heavy (non-hydrogen) atoms. The fraction of sp³-hybridized carbons (Fsp3) is 0.350. The number of carbonyl (C=O) groups excluding carboxylic acids is 1. The number of sulfonamides is 1. The molecule has 2 rings (SSSR count). The van der Waals surface area contributed by atoms with Crippen LogP contribution in [0.25, 0.3) is 0 Å². The summed E-state index contributed by atoms with van der Waals surface area (Å²) < 4.78 is 25.7. The molecule has 0 bridgehead atoms. The number of amides is 1. The number of hydrogen-bond acceptors (Lipinski definition) is 4. The first kappa shape index (κ1) is 22.2. The number of aryl methyl sites for hydroxylation is 1. The van der Waals surface area contributed by atoms with Crippen LogP contribution in [0.5, 0.6) is 0 Å². The topological polar surface area (TPSA) is 69.7 Å². The van der Waals surface area contributed by atoms with Gasteiger partial charge in [0.2, 0.25) is 10.0 Å². The lowest BCUT2D eigenvalue weighted by Crippen LogP contribution is -2.36. The fourth-order valence-corrected chi connectivity index (χ4v) is 3.38. The first-order chi connectivity index (χ1) is 13.0. The number of carbonyl (C=O) groups is 1. The van der Waals surface area contributed by atoms with Gasteiger partial charge in [-0.15, -0.1) is 0 Å². The maximum absolute atomic E-state index is 13.2. The molecular weight excluding hydrogens is 398 g/mol. The van der Waals surface area contributed by atoms with Crippen molar-refractivity contribution in [3.63, 3.8) is 0 Å². The van der Waals surface area contributed by atoms with Crippen molar-refractivity contribution in [3.8, 4) is 0 Å². The SMILES string of the molecule is Cc1ccc(C(=O)N(CCN(C)C)Cc2ccc(Cl)cc2)cc1NS(C)(=O)=O. The average Bonchev–Trinajstić information content (AvgIpc) is 2.60. The number of rotatable bonds is 8. The van der Waals surface area contributed by atoms with Crippen LogP contribution in [-0.4, -0.2) is 57.6 Å². The van der Waals surface area contributed by atoms with Crippen molar-refractivity contribution < 1.29 is 13.2 Å². The highest BCUT2D eigenvalue weighted by atomic mass is 35.5. The molecule has 0 fully saturated rings. The van der Waals surface area contributed by atoms with Gasteiger partial charge in [0.05, 0.1) is 11.9 Å². The summed E-state index contributed by atoms with van der Waals surface area (Å²) in [5, 5.41) is 0.643. The predicted molar refractivity (Wildman–Crippen MR) is 114 cm³/mol. The zero-order chi connectivity index (χ0) is 20.9. The second-order valence-corrected chi connectivity index (χ2v) is 9.25. The summed E-state index contributed by atoms with van der Waals surface area (Å²) in [7, 11) is 0.468. The highest BCUT2D eigenvalue weighted by Gasteiger charge is 2.18. The molecular formula is C20H26ClN3O3S. The van der Waals surface area contributed by atoms with E-state index >= 15 is 0 Å². The third kappa shape index (κ3) is 6.82. The molecule has 0 saturated carbocycles. The number of anilines is 1. The second-order valence-electron chi connectivity index (χ2n) is 7.06. The van der Waals surface area contributed by atoms with Crippen LogP contribution in [0.4, 0.5) is 5.69 Å². The van der Waals surface area contributed by atoms with Crippen LogP contribution in [-0.2, 0) is 16.6 Å². The summed E-state index contributed by atoms with van der Waals surface area (Å²) in [6, 6.07) is 12.4. The van der Waals surface area contributed by atoms with Crippen LogP contribution >= 0.6 is 11.6 Å². The minimum Gasteiger partial charge on any atom is -0.333 e. The van der Waals surface area contributed by atoms with E-state index in [4.69, 9.17) is 11.6 Å². The average molecular weight is 424 g/mol. The zero-order valence-corrected chi connectivity index (χ0v) is 18.1. The molecule has 0 radical (unpaired) electrons. The first-order valence-electron chi connectivity index (χ1n) is 8.82. The number of hydrogen-bond donors (Lipinski definition) is 1. The maximum atomic E-state index is 13.2. The van der Waals surface area contributed by atoms with Gasteiger partial charge < -0.3 is 9.80 Å². The molecule has 0 aliphatic rings. The molecule has 152 valence electrons. The summed E-state index contributed by atoms with van der Waals surface area (Å²) in [6.45, 7) is 3.47. The molecule has 0 aromatic heterocycles. The van der Waals surface area contributed by atoms with Gasteiger partial charge in [0.25, 0.3) is 5.91 Å². The largest absolute Gasteiger partial charge is 0.333 e. The third-order valence-corrected chi connectivity index (χ3v) is 5.01. The Labute approximate surface area is 172 Å². The fourth-order valence-electron chi connectivity index (χ4n) is 2.63. The van der Waals surface area contributed by atoms with Crippen LogP contribution in [0.1, 0.15) is 21.5 Å². The van der Waals surface area contributed by atoms with E-state index in [-0.39, 0.29) is 5.91 Å². The molecule has 0 heterocycles. The van der Waals surface area contributed by atoms with Gasteiger partial charge in [0.15, 0.2) is 0 Å². The van der Waals surface area contributed by atoms with Crippen molar-refractivity contribution in [2.45, 2.75) is 13.5 Å². The number of benzene rings is 2. The molecule has 0 atom stereocenters. The van der Waals surface area contributed by atoms with Crippen molar-refractivity contribution in [1.29, 1.82) is 0 Å². The molecule has 0 aliphatic heterocycles. The molecule has 1 N–H and O–H groups in total. The Morgan fingerprint density at radius 1 is 1.07 bits per heavy atom. The minimum atomic E-state index is -3.43. The van der Waals surface area contributed by atoms with E-state index in [1.54, 1.807) is 42.2 Å². The van der Waals surface area contributed by atoms with Crippen molar-refractivity contribution in [2.75, 3.05) is 38.2 Å². The van der Waals surface area contributed by atoms with Gasteiger partial charge in [-0.2, -0.15) is 0 Å². The molecule has 2 aromatic carbocycles. The van der Waals surface area contributed by atoms with E-state index in [0.29, 0.717) is 35.9 Å². The lowest BCUT2D eigenvalue weighted by molar-refractivity contribution is 0.0732. The number of nitrogens with zero attached hydrogens (tertiary/aromatic N) is 2. The second kappa shape index (κ2) is 9.41. The summed E-state index contributed by atoms with van der Waals surface area (Å²) in [4.78, 5) is 16.9. The summed E-state index contributed by atoms with van der Waals surface area (Å²) in [5.74, 6) is -0.159. The van der Waals surface area contributed by atoms with Gasteiger partial charge >= 0.3 is 0 Å². The molecule has 0 spiro atoms. The van der Waals surface area contributed by atoms with Crippen molar-refractivity contribution in [1.82, 2.24) is 9.80 Å². The Morgan fingerprint density at radius 2 is 1.71 bits per heavy atom. The number of halogens is 1. The van der Waals surface area contributed by atoms with Crippen LogP contribution in [0.15, 0.2) is 42.5 Å². The van der Waals surface area contributed by atoms with Gasteiger partial charge in [0, 0.05) is 30.2 Å². The highest BCUT2D eigenvalue weighted by molar-refractivity contribution is 7.92. The van der Waals surface area contributed by atoms with Gasteiger partial charge in [-0.05, 0) is 56.4 Å². The van der Waals surface area contributed by atoms with Gasteiger partial charge in [-0.25, -0.2) is 8.42 Å². The van der Waals surface area contributed by atoms with Crippen LogP contribution in [0.2, 0.25) is 5.02 Å². The number of likely N-dealkylation sites (N-methyl/N-ethyl adjacent to an activating group) is 1.